The lowest BCUT2D eigenvalue weighted by atomic mass is 10.1. The van der Waals surface area contributed by atoms with Crippen LogP contribution in [0.3, 0.4) is 0 Å². The van der Waals surface area contributed by atoms with Crippen LogP contribution in [0, 0.1) is 6.92 Å². The number of para-hydroxylation sites is 1. The molecule has 28 heavy (non-hydrogen) atoms. The molecular formula is C21H14ClN3O2S. The van der Waals surface area contributed by atoms with Gasteiger partial charge in [0.05, 0.1) is 27.5 Å². The van der Waals surface area contributed by atoms with Crippen molar-refractivity contribution in [3.05, 3.63) is 70.7 Å². The minimum atomic E-state index is -0.228. The minimum Gasteiger partial charge on any atom is -0.456 e. The van der Waals surface area contributed by atoms with Gasteiger partial charge < -0.3 is 10.1 Å². The van der Waals surface area contributed by atoms with Crippen LogP contribution in [0.2, 0.25) is 5.02 Å². The molecule has 0 saturated heterocycles. The van der Waals surface area contributed by atoms with E-state index in [0.717, 1.165) is 26.5 Å². The van der Waals surface area contributed by atoms with E-state index in [1.54, 1.807) is 34.6 Å². The SMILES string of the molecule is Cc1sc2nccc3c2c1NC(=O)N3c1ccc(Oc2ccccc2)c(Cl)c1. The number of carbonyl (C=O) groups is 1. The number of pyridine rings is 1. The highest BCUT2D eigenvalue weighted by Crippen LogP contribution is 2.46. The molecule has 5 nitrogen and oxygen atoms in total. The zero-order valence-corrected chi connectivity index (χ0v) is 16.3. The molecule has 3 heterocycles. The number of ether oxygens (including phenoxy) is 1. The van der Waals surface area contributed by atoms with Gasteiger partial charge in [-0.15, -0.1) is 11.3 Å². The van der Waals surface area contributed by atoms with Crippen LogP contribution < -0.4 is 15.0 Å². The fourth-order valence-corrected chi connectivity index (χ4v) is 4.49. The zero-order valence-electron chi connectivity index (χ0n) is 14.8. The Morgan fingerprint density at radius 2 is 1.96 bits per heavy atom. The van der Waals surface area contributed by atoms with Crippen molar-refractivity contribution >= 4 is 56.2 Å². The number of hydrogen-bond acceptors (Lipinski definition) is 4. The van der Waals surface area contributed by atoms with Gasteiger partial charge in [-0.05, 0) is 43.3 Å². The van der Waals surface area contributed by atoms with Crippen LogP contribution in [0.4, 0.5) is 21.9 Å². The van der Waals surface area contributed by atoms with Gasteiger partial charge >= 0.3 is 6.03 Å². The number of benzene rings is 2. The largest absolute Gasteiger partial charge is 0.456 e. The summed E-state index contributed by atoms with van der Waals surface area (Å²) in [5, 5.41) is 4.35. The lowest BCUT2D eigenvalue weighted by Gasteiger charge is -2.28. The summed E-state index contributed by atoms with van der Waals surface area (Å²) in [6.07, 6.45) is 1.72. The van der Waals surface area contributed by atoms with Crippen molar-refractivity contribution in [2.45, 2.75) is 6.92 Å². The average molecular weight is 408 g/mol. The smallest absolute Gasteiger partial charge is 0.331 e. The first kappa shape index (κ1) is 17.0. The van der Waals surface area contributed by atoms with Gasteiger partial charge in [0.1, 0.15) is 16.3 Å². The molecule has 5 rings (SSSR count). The number of aromatic nitrogens is 1. The molecule has 0 fully saturated rings. The van der Waals surface area contributed by atoms with Crippen molar-refractivity contribution in [1.29, 1.82) is 0 Å². The molecule has 0 spiro atoms. The Morgan fingerprint density at radius 3 is 2.75 bits per heavy atom. The van der Waals surface area contributed by atoms with Gasteiger partial charge in [0.2, 0.25) is 0 Å². The number of carbonyl (C=O) groups excluding carboxylic acids is 1. The molecule has 0 atom stereocenters. The van der Waals surface area contributed by atoms with Crippen LogP contribution in [0.15, 0.2) is 60.8 Å². The van der Waals surface area contributed by atoms with Crippen molar-refractivity contribution in [2.24, 2.45) is 0 Å². The summed E-state index contributed by atoms with van der Waals surface area (Å²) in [4.78, 5) is 20.8. The monoisotopic (exact) mass is 407 g/mol. The maximum absolute atomic E-state index is 12.9. The summed E-state index contributed by atoms with van der Waals surface area (Å²) in [7, 11) is 0. The molecule has 0 saturated carbocycles. The van der Waals surface area contributed by atoms with E-state index in [1.807, 2.05) is 49.4 Å². The normalized spacial score (nSPS) is 12.9. The van der Waals surface area contributed by atoms with Gasteiger partial charge in [-0.25, -0.2) is 9.78 Å². The number of anilines is 3. The van der Waals surface area contributed by atoms with Crippen molar-refractivity contribution in [3.63, 3.8) is 0 Å². The summed E-state index contributed by atoms with van der Waals surface area (Å²) in [5.74, 6) is 1.23. The predicted molar refractivity (Wildman–Crippen MR) is 113 cm³/mol. The Morgan fingerprint density at radius 1 is 1.14 bits per heavy atom. The Hall–Kier alpha value is -3.09. The second-order valence-electron chi connectivity index (χ2n) is 6.34. The number of rotatable bonds is 3. The van der Waals surface area contributed by atoms with Gasteiger partial charge in [0.15, 0.2) is 0 Å². The first-order chi connectivity index (χ1) is 13.6. The molecule has 0 aliphatic carbocycles. The van der Waals surface area contributed by atoms with Crippen LogP contribution in [0.25, 0.3) is 10.2 Å². The first-order valence-corrected chi connectivity index (χ1v) is 9.83. The number of halogens is 1. The highest BCUT2D eigenvalue weighted by atomic mass is 35.5. The molecule has 1 N–H and O–H groups in total. The number of amides is 2. The van der Waals surface area contributed by atoms with Crippen molar-refractivity contribution < 1.29 is 9.53 Å². The third-order valence-corrected chi connectivity index (χ3v) is 5.88. The molecule has 4 aromatic rings. The van der Waals surface area contributed by atoms with Crippen LogP contribution in [-0.4, -0.2) is 11.0 Å². The molecule has 2 aromatic heterocycles. The molecule has 7 heteroatoms. The molecule has 0 bridgehead atoms. The number of nitrogens with zero attached hydrogens (tertiary/aromatic N) is 2. The molecule has 2 aromatic carbocycles. The van der Waals surface area contributed by atoms with E-state index in [1.165, 1.54) is 0 Å². The maximum Gasteiger partial charge on any atom is 0.331 e. The minimum absolute atomic E-state index is 0.228. The molecule has 138 valence electrons. The lowest BCUT2D eigenvalue weighted by Crippen LogP contribution is -2.33. The topological polar surface area (TPSA) is 54.5 Å². The molecule has 1 aliphatic rings. The number of thiophene rings is 1. The van der Waals surface area contributed by atoms with Crippen LogP contribution in [0.1, 0.15) is 4.88 Å². The Kier molecular flexibility index (Phi) is 3.96. The van der Waals surface area contributed by atoms with E-state index in [9.17, 15) is 4.79 Å². The molecular weight excluding hydrogens is 394 g/mol. The molecule has 0 unspecified atom stereocenters. The van der Waals surface area contributed by atoms with E-state index in [4.69, 9.17) is 16.3 Å². The Labute approximate surface area is 170 Å². The van der Waals surface area contributed by atoms with Crippen LogP contribution >= 0.6 is 22.9 Å². The van der Waals surface area contributed by atoms with Gasteiger partial charge in [-0.1, -0.05) is 29.8 Å². The van der Waals surface area contributed by atoms with Crippen molar-refractivity contribution in [1.82, 2.24) is 4.98 Å². The average Bonchev–Trinajstić information content (AvgIpc) is 3.01. The van der Waals surface area contributed by atoms with Crippen molar-refractivity contribution in [3.8, 4) is 11.5 Å². The molecule has 1 aliphatic heterocycles. The maximum atomic E-state index is 12.9. The number of nitrogens with one attached hydrogen (secondary N) is 1. The molecule has 2 amide bonds. The van der Waals surface area contributed by atoms with Gasteiger partial charge in [0.25, 0.3) is 0 Å². The van der Waals surface area contributed by atoms with Gasteiger partial charge in [0, 0.05) is 11.1 Å². The number of hydrogen-bond donors (Lipinski definition) is 1. The number of aryl methyl sites for hydroxylation is 1. The first-order valence-electron chi connectivity index (χ1n) is 8.63. The highest BCUT2D eigenvalue weighted by Gasteiger charge is 2.30. The van der Waals surface area contributed by atoms with E-state index in [-0.39, 0.29) is 6.03 Å². The second-order valence-corrected chi connectivity index (χ2v) is 7.95. The van der Waals surface area contributed by atoms with Crippen LogP contribution in [0.5, 0.6) is 11.5 Å². The Bertz CT molecular complexity index is 1220. The second kappa shape index (κ2) is 6.51. The fraction of sp³-hybridized carbons (Fsp3) is 0.0476. The quantitative estimate of drug-likeness (QED) is 0.409. The summed E-state index contributed by atoms with van der Waals surface area (Å²) >= 11 is 8.02. The number of urea groups is 1. The van der Waals surface area contributed by atoms with E-state index < -0.39 is 0 Å². The van der Waals surface area contributed by atoms with Crippen molar-refractivity contribution in [2.75, 3.05) is 10.2 Å². The summed E-state index contributed by atoms with van der Waals surface area (Å²) in [5.41, 5.74) is 2.28. The third kappa shape index (κ3) is 2.69. The lowest BCUT2D eigenvalue weighted by molar-refractivity contribution is 0.259. The summed E-state index contributed by atoms with van der Waals surface area (Å²) < 4.78 is 5.84. The standard InChI is InChI=1S/C21H14ClN3O2S/c1-12-19-18-16(9-10-23-20(18)28-12)25(21(26)24-19)13-7-8-17(15(22)11-13)27-14-5-3-2-4-6-14/h2-11H,1H3,(H,24,26). The van der Waals surface area contributed by atoms with Gasteiger partial charge in [-0.3, -0.25) is 4.90 Å². The summed E-state index contributed by atoms with van der Waals surface area (Å²) in [6.45, 7) is 1.98. The zero-order chi connectivity index (χ0) is 19.3. The van der Waals surface area contributed by atoms with Crippen LogP contribution in [-0.2, 0) is 0 Å². The predicted octanol–water partition coefficient (Wildman–Crippen LogP) is 6.73. The summed E-state index contributed by atoms with van der Waals surface area (Å²) in [6, 6.07) is 16.4. The van der Waals surface area contributed by atoms with Gasteiger partial charge in [-0.2, -0.15) is 0 Å². The Balaban J connectivity index is 1.57. The third-order valence-electron chi connectivity index (χ3n) is 4.57. The van der Waals surface area contributed by atoms with E-state index in [0.29, 0.717) is 22.2 Å². The van der Waals surface area contributed by atoms with E-state index in [2.05, 4.69) is 10.3 Å². The fourth-order valence-electron chi connectivity index (χ4n) is 3.31. The highest BCUT2D eigenvalue weighted by molar-refractivity contribution is 7.19. The molecule has 0 radical (unpaired) electrons. The van der Waals surface area contributed by atoms with E-state index >= 15 is 0 Å².